The second kappa shape index (κ2) is 8.91. The highest BCUT2D eigenvalue weighted by Crippen LogP contribution is 2.27. The van der Waals surface area contributed by atoms with Crippen molar-refractivity contribution in [2.24, 2.45) is 0 Å². The van der Waals surface area contributed by atoms with Crippen molar-refractivity contribution in [2.45, 2.75) is 13.5 Å². The maximum absolute atomic E-state index is 12.6. The summed E-state index contributed by atoms with van der Waals surface area (Å²) in [6.07, 6.45) is 0. The molecule has 0 unspecified atom stereocenters. The molecule has 0 atom stereocenters. The van der Waals surface area contributed by atoms with E-state index in [4.69, 9.17) is 4.74 Å². The lowest BCUT2D eigenvalue weighted by atomic mass is 10.1. The number of morpholine rings is 1. The molecular formula is C21H26N4O4. The molecule has 0 aromatic heterocycles. The molecule has 1 aliphatic heterocycles. The van der Waals surface area contributed by atoms with E-state index < -0.39 is 4.92 Å². The number of hydrogen-bond acceptors (Lipinski definition) is 6. The minimum atomic E-state index is -0.458. The topological polar surface area (TPSA) is 88.0 Å². The van der Waals surface area contributed by atoms with Crippen LogP contribution in [0.5, 0.6) is 0 Å². The first-order valence-corrected chi connectivity index (χ1v) is 9.53. The van der Waals surface area contributed by atoms with Crippen molar-refractivity contribution < 1.29 is 14.5 Å². The van der Waals surface area contributed by atoms with Crippen LogP contribution in [0.2, 0.25) is 0 Å². The summed E-state index contributed by atoms with van der Waals surface area (Å²) in [6, 6.07) is 10.7. The van der Waals surface area contributed by atoms with Crippen molar-refractivity contribution in [2.75, 3.05) is 50.6 Å². The third-order valence-electron chi connectivity index (χ3n) is 5.05. The van der Waals surface area contributed by atoms with Crippen molar-refractivity contribution in [3.63, 3.8) is 0 Å². The third kappa shape index (κ3) is 4.83. The van der Waals surface area contributed by atoms with Crippen LogP contribution >= 0.6 is 0 Å². The number of aryl methyl sites for hydroxylation is 1. The molecule has 29 heavy (non-hydrogen) atoms. The smallest absolute Gasteiger partial charge is 0.293 e. The summed E-state index contributed by atoms with van der Waals surface area (Å²) in [5, 5.41) is 14.7. The van der Waals surface area contributed by atoms with Gasteiger partial charge in [-0.05, 0) is 42.3 Å². The van der Waals surface area contributed by atoms with E-state index in [1.807, 2.05) is 38.1 Å². The van der Waals surface area contributed by atoms with E-state index in [0.29, 0.717) is 44.1 Å². The zero-order valence-corrected chi connectivity index (χ0v) is 17.0. The fourth-order valence-electron chi connectivity index (χ4n) is 3.26. The van der Waals surface area contributed by atoms with Gasteiger partial charge in [-0.1, -0.05) is 6.07 Å². The Morgan fingerprint density at radius 2 is 1.93 bits per heavy atom. The van der Waals surface area contributed by atoms with Crippen molar-refractivity contribution in [3.05, 3.63) is 63.2 Å². The molecule has 1 amide bonds. The normalized spacial score (nSPS) is 13.8. The van der Waals surface area contributed by atoms with Gasteiger partial charge in [-0.25, -0.2) is 0 Å². The molecule has 1 saturated heterocycles. The molecule has 1 aliphatic rings. The Kier molecular flexibility index (Phi) is 6.33. The lowest BCUT2D eigenvalue weighted by Crippen LogP contribution is -2.40. The number of rotatable bonds is 6. The van der Waals surface area contributed by atoms with E-state index >= 15 is 0 Å². The van der Waals surface area contributed by atoms with E-state index in [-0.39, 0.29) is 11.6 Å². The number of hydrogen-bond donors (Lipinski definition) is 1. The van der Waals surface area contributed by atoms with Crippen molar-refractivity contribution >= 4 is 23.0 Å². The minimum absolute atomic E-state index is 0.105. The standard InChI is InChI=1S/C21H26N4O4/c1-15-12-18(23(2)3)6-4-17(15)14-22-19-7-5-16(13-20(19)25(27)28)21(26)24-8-10-29-11-9-24/h4-7,12-13,22H,8-11,14H2,1-3H3. The monoisotopic (exact) mass is 398 g/mol. The Morgan fingerprint density at radius 3 is 2.55 bits per heavy atom. The van der Waals surface area contributed by atoms with Gasteiger partial charge in [0.05, 0.1) is 18.1 Å². The zero-order valence-electron chi connectivity index (χ0n) is 17.0. The highest BCUT2D eigenvalue weighted by Gasteiger charge is 2.22. The molecule has 1 fully saturated rings. The molecule has 2 aromatic rings. The SMILES string of the molecule is Cc1cc(N(C)C)ccc1CNc1ccc(C(=O)N2CCOCC2)cc1[N+](=O)[O-]. The molecule has 2 aromatic carbocycles. The van der Waals surface area contributed by atoms with Crippen LogP contribution < -0.4 is 10.2 Å². The lowest BCUT2D eigenvalue weighted by molar-refractivity contribution is -0.384. The molecule has 1 N–H and O–H groups in total. The van der Waals surface area contributed by atoms with Crippen LogP contribution in [-0.2, 0) is 11.3 Å². The van der Waals surface area contributed by atoms with Crippen LogP contribution in [0.3, 0.4) is 0 Å². The molecular weight excluding hydrogens is 372 g/mol. The molecule has 0 aliphatic carbocycles. The van der Waals surface area contributed by atoms with Gasteiger partial charge in [0.15, 0.2) is 0 Å². The average Bonchev–Trinajstić information content (AvgIpc) is 2.72. The molecule has 3 rings (SSSR count). The van der Waals surface area contributed by atoms with Gasteiger partial charge in [0.1, 0.15) is 5.69 Å². The van der Waals surface area contributed by atoms with Gasteiger partial charge in [0.25, 0.3) is 11.6 Å². The highest BCUT2D eigenvalue weighted by molar-refractivity contribution is 5.95. The molecule has 0 spiro atoms. The van der Waals surface area contributed by atoms with Gasteiger partial charge >= 0.3 is 0 Å². The predicted octanol–water partition coefficient (Wildman–Crippen LogP) is 3.05. The fraction of sp³-hybridized carbons (Fsp3) is 0.381. The minimum Gasteiger partial charge on any atom is -0.378 e. The first-order valence-electron chi connectivity index (χ1n) is 9.53. The molecule has 8 nitrogen and oxygen atoms in total. The Bertz CT molecular complexity index is 908. The maximum Gasteiger partial charge on any atom is 0.293 e. The Balaban J connectivity index is 1.77. The van der Waals surface area contributed by atoms with Gasteiger partial charge in [0.2, 0.25) is 0 Å². The van der Waals surface area contributed by atoms with E-state index in [1.165, 1.54) is 6.07 Å². The van der Waals surface area contributed by atoms with Gasteiger partial charge in [-0.2, -0.15) is 0 Å². The molecule has 1 heterocycles. The molecule has 154 valence electrons. The maximum atomic E-state index is 12.6. The Morgan fingerprint density at radius 1 is 1.21 bits per heavy atom. The lowest BCUT2D eigenvalue weighted by Gasteiger charge is -2.26. The quantitative estimate of drug-likeness (QED) is 0.594. The number of carbonyl (C=O) groups is 1. The Hall–Kier alpha value is -3.13. The summed E-state index contributed by atoms with van der Waals surface area (Å²) < 4.78 is 5.26. The summed E-state index contributed by atoms with van der Waals surface area (Å²) in [7, 11) is 3.96. The van der Waals surface area contributed by atoms with Crippen LogP contribution in [0.25, 0.3) is 0 Å². The number of benzene rings is 2. The molecule has 0 radical (unpaired) electrons. The zero-order chi connectivity index (χ0) is 21.0. The first kappa shape index (κ1) is 20.6. The number of carbonyl (C=O) groups excluding carboxylic acids is 1. The number of nitrogens with one attached hydrogen (secondary N) is 1. The van der Waals surface area contributed by atoms with Crippen molar-refractivity contribution in [3.8, 4) is 0 Å². The molecule has 0 saturated carbocycles. The van der Waals surface area contributed by atoms with Gasteiger partial charge in [-0.15, -0.1) is 0 Å². The second-order valence-corrected chi connectivity index (χ2v) is 7.25. The number of nitro benzene ring substituents is 1. The Labute approximate surface area is 170 Å². The largest absolute Gasteiger partial charge is 0.378 e. The third-order valence-corrected chi connectivity index (χ3v) is 5.05. The van der Waals surface area contributed by atoms with Crippen molar-refractivity contribution in [1.82, 2.24) is 4.90 Å². The van der Waals surface area contributed by atoms with E-state index in [1.54, 1.807) is 17.0 Å². The van der Waals surface area contributed by atoms with Gasteiger partial charge < -0.3 is 19.9 Å². The van der Waals surface area contributed by atoms with E-state index in [9.17, 15) is 14.9 Å². The summed E-state index contributed by atoms with van der Waals surface area (Å²) in [4.78, 5) is 27.4. The van der Waals surface area contributed by atoms with E-state index in [0.717, 1.165) is 16.8 Å². The predicted molar refractivity (Wildman–Crippen MR) is 113 cm³/mol. The number of ether oxygens (including phenoxy) is 1. The van der Waals surface area contributed by atoms with Crippen molar-refractivity contribution in [1.29, 1.82) is 0 Å². The number of anilines is 2. The summed E-state index contributed by atoms with van der Waals surface area (Å²) in [6.45, 7) is 4.43. The van der Waals surface area contributed by atoms with E-state index in [2.05, 4.69) is 11.4 Å². The highest BCUT2D eigenvalue weighted by atomic mass is 16.6. The average molecular weight is 398 g/mol. The first-order chi connectivity index (χ1) is 13.9. The summed E-state index contributed by atoms with van der Waals surface area (Å²) >= 11 is 0. The van der Waals surface area contributed by atoms with Crippen LogP contribution in [0.4, 0.5) is 17.1 Å². The molecule has 0 bridgehead atoms. The van der Waals surface area contributed by atoms with Crippen LogP contribution in [0.1, 0.15) is 21.5 Å². The van der Waals surface area contributed by atoms with Crippen LogP contribution in [0.15, 0.2) is 36.4 Å². The van der Waals surface area contributed by atoms with Gasteiger partial charge in [-0.3, -0.25) is 14.9 Å². The van der Waals surface area contributed by atoms with Gasteiger partial charge in [0, 0.05) is 51.0 Å². The van der Waals surface area contributed by atoms with Crippen LogP contribution in [0, 0.1) is 17.0 Å². The summed E-state index contributed by atoms with van der Waals surface area (Å²) in [5.74, 6) is -0.210. The second-order valence-electron chi connectivity index (χ2n) is 7.25. The summed E-state index contributed by atoms with van der Waals surface area (Å²) in [5.41, 5.74) is 3.86. The number of nitrogens with zero attached hydrogens (tertiary/aromatic N) is 3. The number of nitro groups is 1. The molecule has 8 heteroatoms. The fourth-order valence-corrected chi connectivity index (χ4v) is 3.26. The number of amides is 1. The van der Waals surface area contributed by atoms with Crippen LogP contribution in [-0.4, -0.2) is 56.1 Å².